The molecule has 2 nitrogen and oxygen atoms in total. The molecule has 1 heterocycles. The minimum Gasteiger partial charge on any atom is -0.395 e. The Labute approximate surface area is 101 Å². The van der Waals surface area contributed by atoms with Crippen molar-refractivity contribution in [1.82, 2.24) is 5.32 Å². The number of allylic oxidation sites excluding steroid dienone is 1. The molecule has 0 bridgehead atoms. The number of aliphatic hydroxyl groups is 1. The standard InChI is InChI=1S/C10H15NO.2C2H6/c1-3-8-5-10(7-12)11-6-9(8)4-2;2*1-2/h3-4,10-12H,1-2,5-7H2;2*1-2H3. The summed E-state index contributed by atoms with van der Waals surface area (Å²) in [4.78, 5) is 0. The van der Waals surface area contributed by atoms with Crippen LogP contribution in [0.25, 0.3) is 0 Å². The number of rotatable bonds is 3. The SMILES string of the molecule is C=CC1=C(C=C)CC(CO)NC1.CC.CC. The van der Waals surface area contributed by atoms with Crippen LogP contribution in [0.3, 0.4) is 0 Å². The molecule has 1 atom stereocenters. The van der Waals surface area contributed by atoms with Crippen molar-refractivity contribution in [3.05, 3.63) is 36.5 Å². The molecule has 0 aromatic carbocycles. The van der Waals surface area contributed by atoms with E-state index >= 15 is 0 Å². The van der Waals surface area contributed by atoms with Crippen LogP contribution in [-0.2, 0) is 0 Å². The number of nitrogens with one attached hydrogen (secondary N) is 1. The summed E-state index contributed by atoms with van der Waals surface area (Å²) in [6, 6.07) is 0.182. The molecule has 0 saturated carbocycles. The minimum atomic E-state index is 0.182. The van der Waals surface area contributed by atoms with E-state index in [2.05, 4.69) is 18.5 Å². The second kappa shape index (κ2) is 12.2. The van der Waals surface area contributed by atoms with Crippen molar-refractivity contribution >= 4 is 0 Å². The Bertz CT molecular complexity index is 219. The van der Waals surface area contributed by atoms with Crippen LogP contribution < -0.4 is 5.32 Å². The fourth-order valence-corrected chi connectivity index (χ4v) is 1.38. The Balaban J connectivity index is 0. The first-order valence-corrected chi connectivity index (χ1v) is 6.13. The van der Waals surface area contributed by atoms with Crippen LogP contribution in [-0.4, -0.2) is 24.3 Å². The molecule has 0 amide bonds. The van der Waals surface area contributed by atoms with E-state index in [4.69, 9.17) is 5.11 Å². The monoisotopic (exact) mass is 225 g/mol. The first-order chi connectivity index (χ1) is 7.81. The van der Waals surface area contributed by atoms with Gasteiger partial charge in [0, 0.05) is 12.6 Å². The second-order valence-electron chi connectivity index (χ2n) is 2.92. The minimum absolute atomic E-state index is 0.182. The predicted molar refractivity (Wildman–Crippen MR) is 73.6 cm³/mol. The summed E-state index contributed by atoms with van der Waals surface area (Å²) in [7, 11) is 0. The first kappa shape index (κ1) is 17.5. The van der Waals surface area contributed by atoms with Gasteiger partial charge in [-0.25, -0.2) is 0 Å². The number of hydrogen-bond acceptors (Lipinski definition) is 2. The zero-order valence-electron chi connectivity index (χ0n) is 11.2. The normalized spacial score (nSPS) is 18.7. The molecule has 0 fully saturated rings. The fraction of sp³-hybridized carbons (Fsp3) is 0.571. The summed E-state index contributed by atoms with van der Waals surface area (Å²) in [6.07, 6.45) is 4.54. The topological polar surface area (TPSA) is 32.3 Å². The van der Waals surface area contributed by atoms with E-state index in [9.17, 15) is 0 Å². The van der Waals surface area contributed by atoms with Crippen LogP contribution in [0.1, 0.15) is 34.1 Å². The summed E-state index contributed by atoms with van der Waals surface area (Å²) in [5, 5.41) is 12.1. The third-order valence-electron chi connectivity index (χ3n) is 2.17. The van der Waals surface area contributed by atoms with Gasteiger partial charge in [-0.1, -0.05) is 53.0 Å². The molecule has 0 saturated heterocycles. The summed E-state index contributed by atoms with van der Waals surface area (Å²) in [5.41, 5.74) is 2.39. The van der Waals surface area contributed by atoms with Crippen LogP contribution in [0.4, 0.5) is 0 Å². The van der Waals surface area contributed by atoms with Gasteiger partial charge in [0.05, 0.1) is 6.61 Å². The third kappa shape index (κ3) is 5.89. The lowest BCUT2D eigenvalue weighted by atomic mass is 9.96. The molecule has 0 spiro atoms. The van der Waals surface area contributed by atoms with Gasteiger partial charge in [0.2, 0.25) is 0 Å². The number of hydrogen-bond donors (Lipinski definition) is 2. The van der Waals surface area contributed by atoms with Crippen molar-refractivity contribution in [2.24, 2.45) is 0 Å². The molecule has 0 aromatic heterocycles. The molecular formula is C14H27NO. The van der Waals surface area contributed by atoms with Gasteiger partial charge in [-0.2, -0.15) is 0 Å². The van der Waals surface area contributed by atoms with Crippen molar-refractivity contribution < 1.29 is 5.11 Å². The average molecular weight is 225 g/mol. The zero-order valence-corrected chi connectivity index (χ0v) is 11.2. The van der Waals surface area contributed by atoms with E-state index in [0.717, 1.165) is 13.0 Å². The maximum absolute atomic E-state index is 8.92. The molecule has 0 radical (unpaired) electrons. The molecule has 94 valence electrons. The molecule has 0 aliphatic carbocycles. The van der Waals surface area contributed by atoms with Crippen molar-refractivity contribution in [1.29, 1.82) is 0 Å². The summed E-state index contributed by atoms with van der Waals surface area (Å²) in [6.45, 7) is 16.4. The average Bonchev–Trinajstić information content (AvgIpc) is 2.42. The Morgan fingerprint density at radius 2 is 1.69 bits per heavy atom. The Hall–Kier alpha value is -0.860. The molecule has 1 aliphatic heterocycles. The predicted octanol–water partition coefficient (Wildman–Crippen LogP) is 3.06. The quantitative estimate of drug-likeness (QED) is 0.773. The highest BCUT2D eigenvalue weighted by Crippen LogP contribution is 2.17. The van der Waals surface area contributed by atoms with Gasteiger partial charge in [-0.15, -0.1) is 0 Å². The van der Waals surface area contributed by atoms with Gasteiger partial charge in [-0.3, -0.25) is 0 Å². The third-order valence-corrected chi connectivity index (χ3v) is 2.17. The fourth-order valence-electron chi connectivity index (χ4n) is 1.38. The maximum atomic E-state index is 8.92. The van der Waals surface area contributed by atoms with Crippen LogP contribution in [0, 0.1) is 0 Å². The lowest BCUT2D eigenvalue weighted by molar-refractivity contribution is 0.241. The number of aliphatic hydroxyl groups excluding tert-OH is 1. The summed E-state index contributed by atoms with van der Waals surface area (Å²) in [5.74, 6) is 0. The molecule has 1 aliphatic rings. The Kier molecular flexibility index (Phi) is 13.4. The molecule has 1 rings (SSSR count). The second-order valence-corrected chi connectivity index (χ2v) is 2.92. The molecule has 16 heavy (non-hydrogen) atoms. The van der Waals surface area contributed by atoms with Gasteiger partial charge < -0.3 is 10.4 Å². The van der Waals surface area contributed by atoms with Crippen molar-refractivity contribution in [3.8, 4) is 0 Å². The van der Waals surface area contributed by atoms with E-state index in [-0.39, 0.29) is 12.6 Å². The largest absolute Gasteiger partial charge is 0.395 e. The Morgan fingerprint density at radius 1 is 1.19 bits per heavy atom. The van der Waals surface area contributed by atoms with E-state index in [1.165, 1.54) is 11.1 Å². The molecule has 2 heteroatoms. The lowest BCUT2D eigenvalue weighted by Gasteiger charge is -2.24. The van der Waals surface area contributed by atoms with Crippen LogP contribution >= 0.6 is 0 Å². The Morgan fingerprint density at radius 3 is 2.06 bits per heavy atom. The van der Waals surface area contributed by atoms with Gasteiger partial charge in [0.15, 0.2) is 0 Å². The lowest BCUT2D eigenvalue weighted by Crippen LogP contribution is -2.37. The summed E-state index contributed by atoms with van der Waals surface area (Å²) < 4.78 is 0. The van der Waals surface area contributed by atoms with E-state index in [1.807, 2.05) is 39.8 Å². The van der Waals surface area contributed by atoms with E-state index in [0.29, 0.717) is 0 Å². The highest BCUT2D eigenvalue weighted by Gasteiger charge is 2.15. The van der Waals surface area contributed by atoms with Crippen molar-refractivity contribution in [2.75, 3.05) is 13.2 Å². The summed E-state index contributed by atoms with van der Waals surface area (Å²) >= 11 is 0. The van der Waals surface area contributed by atoms with Gasteiger partial charge in [0.1, 0.15) is 0 Å². The van der Waals surface area contributed by atoms with Gasteiger partial charge in [0.25, 0.3) is 0 Å². The van der Waals surface area contributed by atoms with Crippen LogP contribution in [0.2, 0.25) is 0 Å². The molecule has 1 unspecified atom stereocenters. The smallest absolute Gasteiger partial charge is 0.0587 e. The zero-order chi connectivity index (χ0) is 13.0. The van der Waals surface area contributed by atoms with E-state index in [1.54, 1.807) is 0 Å². The van der Waals surface area contributed by atoms with Crippen molar-refractivity contribution in [2.45, 2.75) is 40.2 Å². The van der Waals surface area contributed by atoms with Gasteiger partial charge in [-0.05, 0) is 17.6 Å². The van der Waals surface area contributed by atoms with Crippen molar-refractivity contribution in [3.63, 3.8) is 0 Å². The van der Waals surface area contributed by atoms with E-state index < -0.39 is 0 Å². The van der Waals surface area contributed by atoms with Crippen LogP contribution in [0.5, 0.6) is 0 Å². The van der Waals surface area contributed by atoms with Crippen LogP contribution in [0.15, 0.2) is 36.5 Å². The highest BCUT2D eigenvalue weighted by molar-refractivity contribution is 5.35. The molecule has 0 aromatic rings. The molecule has 2 N–H and O–H groups in total. The molecular weight excluding hydrogens is 198 g/mol. The first-order valence-electron chi connectivity index (χ1n) is 6.13. The highest BCUT2D eigenvalue weighted by atomic mass is 16.3. The maximum Gasteiger partial charge on any atom is 0.0587 e. The van der Waals surface area contributed by atoms with Gasteiger partial charge >= 0.3 is 0 Å².